The fourth-order valence-electron chi connectivity index (χ4n) is 2.50. The number of nitrogens with zero attached hydrogens (tertiary/aromatic N) is 2. The van der Waals surface area contributed by atoms with Gasteiger partial charge in [-0.05, 0) is 36.8 Å². The van der Waals surface area contributed by atoms with Gasteiger partial charge < -0.3 is 19.7 Å². The number of aromatic nitrogens is 1. The molecule has 0 aliphatic carbocycles. The number of carbonyl (C=O) groups excluding carboxylic acids is 1. The standard InChI is InChI=1S/C18H21N3O3/c1-12(13-4-5-15-16(10-13)24-9-8-23-15)20-18(22)14-6-7-19-17(11-14)21(2)3/h4-7,10-12H,8-9H2,1-3H3,(H,20,22). The zero-order valence-electron chi connectivity index (χ0n) is 14.1. The molecule has 0 fully saturated rings. The Morgan fingerprint density at radius 2 is 1.92 bits per heavy atom. The lowest BCUT2D eigenvalue weighted by atomic mass is 10.1. The van der Waals surface area contributed by atoms with Crippen LogP contribution in [-0.2, 0) is 0 Å². The number of anilines is 1. The van der Waals surface area contributed by atoms with E-state index < -0.39 is 0 Å². The minimum absolute atomic E-state index is 0.136. The summed E-state index contributed by atoms with van der Waals surface area (Å²) in [5, 5.41) is 3.00. The Bertz CT molecular complexity index is 746. The maximum Gasteiger partial charge on any atom is 0.251 e. The maximum atomic E-state index is 12.5. The van der Waals surface area contributed by atoms with Crippen LogP contribution in [0.1, 0.15) is 28.9 Å². The Kier molecular flexibility index (Phi) is 4.55. The minimum Gasteiger partial charge on any atom is -0.486 e. The monoisotopic (exact) mass is 327 g/mol. The first-order valence-electron chi connectivity index (χ1n) is 7.88. The van der Waals surface area contributed by atoms with Gasteiger partial charge in [0.25, 0.3) is 5.91 Å². The van der Waals surface area contributed by atoms with E-state index in [1.165, 1.54) is 0 Å². The molecule has 6 nitrogen and oxygen atoms in total. The van der Waals surface area contributed by atoms with Crippen molar-refractivity contribution in [2.45, 2.75) is 13.0 Å². The highest BCUT2D eigenvalue weighted by Gasteiger charge is 2.17. The molecule has 1 amide bonds. The zero-order chi connectivity index (χ0) is 17.1. The molecule has 1 aromatic carbocycles. The first kappa shape index (κ1) is 16.1. The fraction of sp³-hybridized carbons (Fsp3) is 0.333. The summed E-state index contributed by atoms with van der Waals surface area (Å²) < 4.78 is 11.1. The Hall–Kier alpha value is -2.76. The molecule has 0 saturated carbocycles. The Balaban J connectivity index is 1.73. The van der Waals surface area contributed by atoms with Crippen molar-refractivity contribution in [3.05, 3.63) is 47.7 Å². The zero-order valence-corrected chi connectivity index (χ0v) is 14.1. The summed E-state index contributed by atoms with van der Waals surface area (Å²) in [4.78, 5) is 18.6. The van der Waals surface area contributed by atoms with Crippen LogP contribution in [0.2, 0.25) is 0 Å². The number of pyridine rings is 1. The number of hydrogen-bond donors (Lipinski definition) is 1. The van der Waals surface area contributed by atoms with Gasteiger partial charge in [-0.1, -0.05) is 6.07 Å². The molecule has 0 saturated heterocycles. The third-order valence-corrected chi connectivity index (χ3v) is 3.88. The van der Waals surface area contributed by atoms with E-state index in [-0.39, 0.29) is 11.9 Å². The van der Waals surface area contributed by atoms with Crippen LogP contribution in [0, 0.1) is 0 Å². The second-order valence-electron chi connectivity index (χ2n) is 5.90. The van der Waals surface area contributed by atoms with Crippen LogP contribution in [0.25, 0.3) is 0 Å². The van der Waals surface area contributed by atoms with E-state index in [1.807, 2.05) is 44.1 Å². The summed E-state index contributed by atoms with van der Waals surface area (Å²) in [6.07, 6.45) is 1.64. The summed E-state index contributed by atoms with van der Waals surface area (Å²) in [7, 11) is 3.78. The first-order chi connectivity index (χ1) is 11.5. The quantitative estimate of drug-likeness (QED) is 0.934. The predicted octanol–water partition coefficient (Wildman–Crippen LogP) is 2.41. The number of nitrogens with one attached hydrogen (secondary N) is 1. The summed E-state index contributed by atoms with van der Waals surface area (Å²) in [6.45, 7) is 3.05. The van der Waals surface area contributed by atoms with E-state index in [0.29, 0.717) is 18.8 Å². The van der Waals surface area contributed by atoms with Crippen molar-refractivity contribution < 1.29 is 14.3 Å². The molecule has 6 heteroatoms. The van der Waals surface area contributed by atoms with Crippen LogP contribution in [-0.4, -0.2) is 38.2 Å². The van der Waals surface area contributed by atoms with Crippen LogP contribution in [0.4, 0.5) is 5.82 Å². The highest BCUT2D eigenvalue weighted by molar-refractivity contribution is 5.95. The van der Waals surface area contributed by atoms with Gasteiger partial charge in [-0.15, -0.1) is 0 Å². The van der Waals surface area contributed by atoms with Gasteiger partial charge in [0.2, 0.25) is 0 Å². The second-order valence-corrected chi connectivity index (χ2v) is 5.90. The largest absolute Gasteiger partial charge is 0.486 e. The predicted molar refractivity (Wildman–Crippen MR) is 91.9 cm³/mol. The van der Waals surface area contributed by atoms with Crippen molar-refractivity contribution in [2.24, 2.45) is 0 Å². The van der Waals surface area contributed by atoms with Gasteiger partial charge in [-0.2, -0.15) is 0 Å². The molecule has 24 heavy (non-hydrogen) atoms. The summed E-state index contributed by atoms with van der Waals surface area (Å²) in [5.41, 5.74) is 1.55. The topological polar surface area (TPSA) is 63.7 Å². The Morgan fingerprint density at radius 3 is 2.67 bits per heavy atom. The van der Waals surface area contributed by atoms with E-state index in [2.05, 4.69) is 10.3 Å². The van der Waals surface area contributed by atoms with Crippen LogP contribution < -0.4 is 19.7 Å². The number of fused-ring (bicyclic) bond motifs is 1. The van der Waals surface area contributed by atoms with Crippen molar-refractivity contribution in [2.75, 3.05) is 32.2 Å². The molecule has 126 valence electrons. The first-order valence-corrected chi connectivity index (χ1v) is 7.88. The average Bonchev–Trinajstić information content (AvgIpc) is 2.61. The van der Waals surface area contributed by atoms with Gasteiger partial charge >= 0.3 is 0 Å². The molecule has 1 N–H and O–H groups in total. The molecule has 2 aromatic rings. The number of amides is 1. The number of rotatable bonds is 4. The van der Waals surface area contributed by atoms with Gasteiger partial charge in [0.15, 0.2) is 11.5 Å². The Labute approximate surface area is 141 Å². The van der Waals surface area contributed by atoms with E-state index in [1.54, 1.807) is 18.3 Å². The van der Waals surface area contributed by atoms with Crippen LogP contribution in [0.15, 0.2) is 36.5 Å². The molecule has 0 spiro atoms. The third kappa shape index (κ3) is 3.42. The van der Waals surface area contributed by atoms with Crippen molar-refractivity contribution in [1.82, 2.24) is 10.3 Å². The number of ether oxygens (including phenoxy) is 2. The van der Waals surface area contributed by atoms with Crippen LogP contribution >= 0.6 is 0 Å². The molecule has 1 unspecified atom stereocenters. The molecule has 2 heterocycles. The highest BCUT2D eigenvalue weighted by Crippen LogP contribution is 2.32. The normalized spacial score (nSPS) is 14.0. The van der Waals surface area contributed by atoms with Crippen LogP contribution in [0.3, 0.4) is 0 Å². The van der Waals surface area contributed by atoms with Gasteiger partial charge in [-0.3, -0.25) is 4.79 Å². The van der Waals surface area contributed by atoms with Gasteiger partial charge in [-0.25, -0.2) is 4.98 Å². The molecule has 1 aliphatic rings. The smallest absolute Gasteiger partial charge is 0.251 e. The van der Waals surface area contributed by atoms with E-state index >= 15 is 0 Å². The third-order valence-electron chi connectivity index (χ3n) is 3.88. The second kappa shape index (κ2) is 6.78. The molecule has 1 aliphatic heterocycles. The summed E-state index contributed by atoms with van der Waals surface area (Å²) >= 11 is 0. The summed E-state index contributed by atoms with van der Waals surface area (Å²) in [5.74, 6) is 2.07. The number of benzene rings is 1. The molecule has 0 radical (unpaired) electrons. The lowest BCUT2D eigenvalue weighted by molar-refractivity contribution is 0.0939. The van der Waals surface area contributed by atoms with E-state index in [4.69, 9.17) is 9.47 Å². The highest BCUT2D eigenvalue weighted by atomic mass is 16.6. The lowest BCUT2D eigenvalue weighted by Crippen LogP contribution is -2.27. The minimum atomic E-state index is -0.149. The number of hydrogen-bond acceptors (Lipinski definition) is 5. The van der Waals surface area contributed by atoms with E-state index in [9.17, 15) is 4.79 Å². The molecule has 1 atom stereocenters. The van der Waals surface area contributed by atoms with Gasteiger partial charge in [0.05, 0.1) is 6.04 Å². The number of carbonyl (C=O) groups is 1. The van der Waals surface area contributed by atoms with Crippen molar-refractivity contribution in [1.29, 1.82) is 0 Å². The SMILES string of the molecule is CC(NC(=O)c1ccnc(N(C)C)c1)c1ccc2c(c1)OCCO2. The Morgan fingerprint density at radius 1 is 1.17 bits per heavy atom. The summed E-state index contributed by atoms with van der Waals surface area (Å²) in [6, 6.07) is 9.06. The molecule has 0 bridgehead atoms. The van der Waals surface area contributed by atoms with Crippen molar-refractivity contribution in [3.63, 3.8) is 0 Å². The van der Waals surface area contributed by atoms with Gasteiger partial charge in [0, 0.05) is 25.9 Å². The van der Waals surface area contributed by atoms with E-state index in [0.717, 1.165) is 22.9 Å². The lowest BCUT2D eigenvalue weighted by Gasteiger charge is -2.21. The maximum absolute atomic E-state index is 12.5. The van der Waals surface area contributed by atoms with Crippen molar-refractivity contribution >= 4 is 11.7 Å². The van der Waals surface area contributed by atoms with Gasteiger partial charge in [0.1, 0.15) is 19.0 Å². The molecule has 1 aromatic heterocycles. The fourth-order valence-corrected chi connectivity index (χ4v) is 2.50. The average molecular weight is 327 g/mol. The van der Waals surface area contributed by atoms with Crippen LogP contribution in [0.5, 0.6) is 11.5 Å². The molecule has 3 rings (SSSR count). The van der Waals surface area contributed by atoms with Crippen molar-refractivity contribution in [3.8, 4) is 11.5 Å². The molecular formula is C18H21N3O3. The molecular weight excluding hydrogens is 306 g/mol.